The minimum atomic E-state index is -0.708. The molecule has 1 aliphatic rings. The second-order valence-electron chi connectivity index (χ2n) is 6.86. The van der Waals surface area contributed by atoms with E-state index in [-0.39, 0.29) is 29.1 Å². The van der Waals surface area contributed by atoms with Crippen LogP contribution in [0.4, 0.5) is 0 Å². The molecule has 1 aliphatic carbocycles. The Morgan fingerprint density at radius 3 is 2.82 bits per heavy atom. The molecule has 28 heavy (non-hydrogen) atoms. The van der Waals surface area contributed by atoms with Crippen molar-refractivity contribution in [3.63, 3.8) is 0 Å². The lowest BCUT2D eigenvalue weighted by Crippen LogP contribution is -2.17. The number of nitrogens with two attached hydrogens (primary N) is 2. The van der Waals surface area contributed by atoms with E-state index in [0.29, 0.717) is 5.75 Å². The summed E-state index contributed by atoms with van der Waals surface area (Å²) in [7, 11) is 0. The molecule has 0 radical (unpaired) electrons. The van der Waals surface area contributed by atoms with Crippen molar-refractivity contribution in [2.24, 2.45) is 16.6 Å². The van der Waals surface area contributed by atoms with Gasteiger partial charge in [-0.15, -0.1) is 0 Å². The van der Waals surface area contributed by atoms with Crippen LogP contribution in [0.15, 0.2) is 41.6 Å². The highest BCUT2D eigenvalue weighted by Crippen LogP contribution is 2.31. The maximum atomic E-state index is 12.3. The molecule has 0 amide bonds. The molecule has 0 bridgehead atoms. The Balaban J connectivity index is 1.78. The predicted octanol–water partition coefficient (Wildman–Crippen LogP) is 2.77. The number of benzene rings is 2. The Morgan fingerprint density at radius 1 is 1.32 bits per heavy atom. The third kappa shape index (κ3) is 3.97. The zero-order chi connectivity index (χ0) is 20.3. The molecule has 0 saturated carbocycles. The zero-order valence-electron chi connectivity index (χ0n) is 15.8. The fourth-order valence-corrected chi connectivity index (χ4v) is 3.22. The molecular formula is C21H22N4O3. The van der Waals surface area contributed by atoms with Crippen molar-refractivity contribution < 1.29 is 14.4 Å². The van der Waals surface area contributed by atoms with Crippen molar-refractivity contribution in [1.29, 1.82) is 5.26 Å². The monoisotopic (exact) mass is 378 g/mol. The average molecular weight is 378 g/mol. The lowest BCUT2D eigenvalue weighted by atomic mass is 10.0. The van der Waals surface area contributed by atoms with Gasteiger partial charge >= 0.3 is 5.97 Å². The van der Waals surface area contributed by atoms with Crippen molar-refractivity contribution in [2.75, 3.05) is 0 Å². The summed E-state index contributed by atoms with van der Waals surface area (Å²) < 4.78 is 5.55. The van der Waals surface area contributed by atoms with Gasteiger partial charge in [-0.05, 0) is 56.0 Å². The van der Waals surface area contributed by atoms with Crippen molar-refractivity contribution in [3.05, 3.63) is 64.2 Å². The second kappa shape index (κ2) is 8.11. The SMILES string of the molecule is CC(C)Oc1ccc(C(=O)O/N=C(\N)c2cccc3c2CC[C@H]3N)cc1C#N. The first-order valence-corrected chi connectivity index (χ1v) is 9.04. The number of nitrogens with zero attached hydrogens (tertiary/aromatic N) is 2. The number of carbonyl (C=O) groups is 1. The van der Waals surface area contributed by atoms with Crippen LogP contribution < -0.4 is 16.2 Å². The number of hydrogen-bond donors (Lipinski definition) is 2. The van der Waals surface area contributed by atoms with Gasteiger partial charge in [-0.25, -0.2) is 4.79 Å². The van der Waals surface area contributed by atoms with Gasteiger partial charge in [0.2, 0.25) is 0 Å². The van der Waals surface area contributed by atoms with Gasteiger partial charge in [0, 0.05) is 11.6 Å². The molecule has 0 unspecified atom stereocenters. The van der Waals surface area contributed by atoms with E-state index in [1.807, 2.05) is 38.1 Å². The molecule has 0 spiro atoms. The minimum Gasteiger partial charge on any atom is -0.490 e. The molecule has 3 rings (SSSR count). The molecule has 2 aromatic rings. The first-order chi connectivity index (χ1) is 13.4. The lowest BCUT2D eigenvalue weighted by Gasteiger charge is -2.11. The van der Waals surface area contributed by atoms with Crippen LogP contribution in [0.2, 0.25) is 0 Å². The Labute approximate surface area is 163 Å². The standard InChI is InChI=1S/C21H22N4O3/c1-12(2)27-19-9-6-13(10-14(19)11-22)21(26)28-25-20(24)17-5-3-4-16-15(17)7-8-18(16)23/h3-6,9-10,12,18H,7-8,23H2,1-2H3,(H2,24,25)/t18-/m1/s1. The number of oxime groups is 1. The Bertz CT molecular complexity index is 976. The molecule has 1 atom stereocenters. The Morgan fingerprint density at radius 2 is 2.11 bits per heavy atom. The van der Waals surface area contributed by atoms with Crippen LogP contribution in [-0.2, 0) is 11.3 Å². The van der Waals surface area contributed by atoms with Crippen LogP contribution in [0, 0.1) is 11.3 Å². The van der Waals surface area contributed by atoms with Crippen LogP contribution in [0.25, 0.3) is 0 Å². The first kappa shape index (κ1) is 19.4. The smallest absolute Gasteiger partial charge is 0.365 e. The first-order valence-electron chi connectivity index (χ1n) is 9.04. The third-order valence-electron chi connectivity index (χ3n) is 4.52. The van der Waals surface area contributed by atoms with Crippen LogP contribution in [0.5, 0.6) is 5.75 Å². The van der Waals surface area contributed by atoms with Crippen molar-refractivity contribution in [3.8, 4) is 11.8 Å². The number of fused-ring (bicyclic) bond motifs is 1. The van der Waals surface area contributed by atoms with E-state index < -0.39 is 5.97 Å². The molecule has 2 aromatic carbocycles. The summed E-state index contributed by atoms with van der Waals surface area (Å²) >= 11 is 0. The van der Waals surface area contributed by atoms with Gasteiger partial charge in [0.05, 0.1) is 17.2 Å². The van der Waals surface area contributed by atoms with Gasteiger partial charge in [-0.1, -0.05) is 23.4 Å². The summed E-state index contributed by atoms with van der Waals surface area (Å²) in [6, 6.07) is 12.2. The summed E-state index contributed by atoms with van der Waals surface area (Å²) in [6.45, 7) is 3.71. The van der Waals surface area contributed by atoms with Crippen LogP contribution in [0.3, 0.4) is 0 Å². The molecular weight excluding hydrogens is 356 g/mol. The van der Waals surface area contributed by atoms with Gasteiger partial charge in [0.15, 0.2) is 5.84 Å². The average Bonchev–Trinajstić information content (AvgIpc) is 3.07. The maximum absolute atomic E-state index is 12.3. The highest BCUT2D eigenvalue weighted by molar-refractivity contribution is 6.00. The van der Waals surface area contributed by atoms with E-state index in [1.54, 1.807) is 6.07 Å². The summed E-state index contributed by atoms with van der Waals surface area (Å²) in [5.41, 5.74) is 15.3. The van der Waals surface area contributed by atoms with Gasteiger partial charge < -0.3 is 21.0 Å². The van der Waals surface area contributed by atoms with Crippen LogP contribution in [-0.4, -0.2) is 17.9 Å². The highest BCUT2D eigenvalue weighted by atomic mass is 16.7. The van der Waals surface area contributed by atoms with Crippen molar-refractivity contribution in [2.45, 2.75) is 38.8 Å². The largest absolute Gasteiger partial charge is 0.490 e. The number of amidine groups is 1. The van der Waals surface area contributed by atoms with Crippen LogP contribution >= 0.6 is 0 Å². The van der Waals surface area contributed by atoms with E-state index in [0.717, 1.165) is 29.5 Å². The third-order valence-corrected chi connectivity index (χ3v) is 4.52. The molecule has 0 aromatic heterocycles. The Kier molecular flexibility index (Phi) is 5.62. The van der Waals surface area contributed by atoms with Gasteiger partial charge in [0.25, 0.3) is 0 Å². The van der Waals surface area contributed by atoms with E-state index in [1.165, 1.54) is 12.1 Å². The molecule has 0 saturated heterocycles. The number of ether oxygens (including phenoxy) is 1. The second-order valence-corrected chi connectivity index (χ2v) is 6.86. The van der Waals surface area contributed by atoms with E-state index in [2.05, 4.69) is 5.16 Å². The number of carbonyl (C=O) groups excluding carboxylic acids is 1. The van der Waals surface area contributed by atoms with Gasteiger partial charge in [0.1, 0.15) is 11.8 Å². The highest BCUT2D eigenvalue weighted by Gasteiger charge is 2.23. The van der Waals surface area contributed by atoms with Gasteiger partial charge in [-0.3, -0.25) is 0 Å². The number of hydrogen-bond acceptors (Lipinski definition) is 6. The fourth-order valence-electron chi connectivity index (χ4n) is 3.22. The summed E-state index contributed by atoms with van der Waals surface area (Å²) in [6.07, 6.45) is 1.57. The Hall–Kier alpha value is -3.37. The summed E-state index contributed by atoms with van der Waals surface area (Å²) in [5, 5.41) is 13.1. The van der Waals surface area contributed by atoms with Crippen molar-refractivity contribution in [1.82, 2.24) is 0 Å². The summed E-state index contributed by atoms with van der Waals surface area (Å²) in [4.78, 5) is 17.3. The number of nitriles is 1. The molecule has 0 aliphatic heterocycles. The van der Waals surface area contributed by atoms with E-state index in [9.17, 15) is 10.1 Å². The summed E-state index contributed by atoms with van der Waals surface area (Å²) in [5.74, 6) is -0.187. The molecule has 0 fully saturated rings. The molecule has 144 valence electrons. The molecule has 0 heterocycles. The maximum Gasteiger partial charge on any atom is 0.365 e. The predicted molar refractivity (Wildman–Crippen MR) is 105 cm³/mol. The lowest BCUT2D eigenvalue weighted by molar-refractivity contribution is 0.0516. The molecule has 7 nitrogen and oxygen atoms in total. The van der Waals surface area contributed by atoms with Gasteiger partial charge in [-0.2, -0.15) is 5.26 Å². The number of rotatable bonds is 5. The molecule has 4 N–H and O–H groups in total. The van der Waals surface area contributed by atoms with E-state index >= 15 is 0 Å². The normalized spacial score (nSPS) is 15.8. The fraction of sp³-hybridized carbons (Fsp3) is 0.286. The van der Waals surface area contributed by atoms with Crippen LogP contribution in [0.1, 0.15) is 58.9 Å². The van der Waals surface area contributed by atoms with E-state index in [4.69, 9.17) is 21.0 Å². The van der Waals surface area contributed by atoms with Crippen molar-refractivity contribution >= 4 is 11.8 Å². The molecule has 7 heteroatoms. The quantitative estimate of drug-likeness (QED) is 0.357. The topological polar surface area (TPSA) is 124 Å². The zero-order valence-corrected chi connectivity index (χ0v) is 15.8. The minimum absolute atomic E-state index is 0.0127.